The van der Waals surface area contributed by atoms with Crippen LogP contribution >= 0.6 is 23.2 Å². The summed E-state index contributed by atoms with van der Waals surface area (Å²) < 4.78 is 5.53. The van der Waals surface area contributed by atoms with Crippen molar-refractivity contribution in [3.63, 3.8) is 0 Å². The van der Waals surface area contributed by atoms with Crippen molar-refractivity contribution >= 4 is 46.4 Å². The number of hydrogen-bond acceptors (Lipinski definition) is 5. The maximum Gasteiger partial charge on any atom is 0.317 e. The van der Waals surface area contributed by atoms with Crippen LogP contribution in [-0.2, 0) is 19.9 Å². The molecular weight excluding hydrogens is 555 g/mol. The van der Waals surface area contributed by atoms with E-state index in [9.17, 15) is 9.59 Å². The first-order valence-electron chi connectivity index (χ1n) is 13.6. The fourth-order valence-corrected chi connectivity index (χ4v) is 6.63. The second kappa shape index (κ2) is 11.2. The van der Waals surface area contributed by atoms with Gasteiger partial charge in [0.2, 0.25) is 0 Å². The molecule has 0 aromatic heterocycles. The fraction of sp³-hybridized carbons (Fsp3) is 0.206. The van der Waals surface area contributed by atoms with Gasteiger partial charge in [0.25, 0.3) is 0 Å². The Bertz CT molecular complexity index is 1590. The van der Waals surface area contributed by atoms with Gasteiger partial charge in [0.15, 0.2) is 5.78 Å². The smallest absolute Gasteiger partial charge is 0.317 e. The first-order valence-corrected chi connectivity index (χ1v) is 14.4. The summed E-state index contributed by atoms with van der Waals surface area (Å²) >= 11 is 12.6. The molecule has 2 aliphatic rings. The van der Waals surface area contributed by atoms with Crippen molar-refractivity contribution in [2.75, 3.05) is 11.6 Å². The van der Waals surface area contributed by atoms with E-state index < -0.39 is 29.3 Å². The molecule has 5 nitrogen and oxygen atoms in total. The van der Waals surface area contributed by atoms with E-state index in [2.05, 4.69) is 0 Å². The number of esters is 1. The van der Waals surface area contributed by atoms with Crippen molar-refractivity contribution in [2.45, 2.75) is 24.8 Å². The minimum atomic E-state index is -1.01. The summed E-state index contributed by atoms with van der Waals surface area (Å²) in [6.07, 6.45) is 0.422. The van der Waals surface area contributed by atoms with Crippen LogP contribution in [-0.4, -0.2) is 24.1 Å². The van der Waals surface area contributed by atoms with Crippen LogP contribution in [0, 0.1) is 11.8 Å². The van der Waals surface area contributed by atoms with E-state index in [1.165, 1.54) is 0 Å². The molecule has 0 saturated heterocycles. The Hall–Kier alpha value is -3.93. The van der Waals surface area contributed by atoms with Crippen molar-refractivity contribution in [1.29, 1.82) is 0 Å². The predicted octanol–water partition coefficient (Wildman–Crippen LogP) is 7.67. The third kappa shape index (κ3) is 4.73. The van der Waals surface area contributed by atoms with Crippen LogP contribution in [0.1, 0.15) is 36.0 Å². The van der Waals surface area contributed by atoms with Gasteiger partial charge in [-0.3, -0.25) is 14.6 Å². The average molecular weight is 584 g/mol. The molecular formula is C34H28Cl2N2O3. The van der Waals surface area contributed by atoms with Crippen molar-refractivity contribution in [3.05, 3.63) is 136 Å². The van der Waals surface area contributed by atoms with Crippen molar-refractivity contribution < 1.29 is 14.3 Å². The lowest BCUT2D eigenvalue weighted by Gasteiger charge is -2.49. The molecule has 4 atom stereocenters. The molecule has 1 heterocycles. The standard InChI is InChI=1S/C34H28Cl2N2O3/c1-2-41-33(40)29-28(22-13-17-25(35)18-14-22)21-34(24-15-19-26(36)20-16-24)30(32(29)39)31(23-9-5-3-6-10-23)37-38(34)27-11-7-4-8-12-27/h3-20,28-30H,2,21H2,1H3/t28?,29?,30-,34+/m1/s1. The third-order valence-electron chi connectivity index (χ3n) is 8.11. The van der Waals surface area contributed by atoms with E-state index in [0.717, 1.165) is 22.4 Å². The largest absolute Gasteiger partial charge is 0.465 e. The zero-order valence-electron chi connectivity index (χ0n) is 22.4. The second-order valence-corrected chi connectivity index (χ2v) is 11.2. The Morgan fingerprint density at radius 2 is 1.46 bits per heavy atom. The minimum absolute atomic E-state index is 0.179. The number of hydrazone groups is 1. The molecule has 1 fully saturated rings. The van der Waals surface area contributed by atoms with E-state index >= 15 is 0 Å². The first kappa shape index (κ1) is 27.3. The highest BCUT2D eigenvalue weighted by atomic mass is 35.5. The number of carbonyl (C=O) groups is 2. The lowest BCUT2D eigenvalue weighted by atomic mass is 9.58. The van der Waals surface area contributed by atoms with Gasteiger partial charge in [-0.1, -0.05) is 96.0 Å². The summed E-state index contributed by atoms with van der Waals surface area (Å²) in [5.41, 5.74) is 3.08. The first-order chi connectivity index (χ1) is 19.9. The van der Waals surface area contributed by atoms with E-state index in [1.54, 1.807) is 19.1 Å². The Kier molecular flexibility index (Phi) is 7.41. The number of carbonyl (C=O) groups excluding carboxylic acids is 2. The maximum atomic E-state index is 14.9. The van der Waals surface area contributed by atoms with Gasteiger partial charge in [-0.15, -0.1) is 0 Å². The molecule has 1 saturated carbocycles. The summed E-state index contributed by atoms with van der Waals surface area (Å²) in [5, 5.41) is 8.35. The highest BCUT2D eigenvalue weighted by Gasteiger charge is 2.64. The van der Waals surface area contributed by atoms with Crippen molar-refractivity contribution in [1.82, 2.24) is 0 Å². The third-order valence-corrected chi connectivity index (χ3v) is 8.62. The van der Waals surface area contributed by atoms with Gasteiger partial charge in [0.1, 0.15) is 11.5 Å². The number of rotatable bonds is 6. The fourth-order valence-electron chi connectivity index (χ4n) is 6.38. The van der Waals surface area contributed by atoms with Crippen LogP contribution in [0.4, 0.5) is 5.69 Å². The van der Waals surface area contributed by atoms with Crippen LogP contribution in [0.25, 0.3) is 0 Å². The van der Waals surface area contributed by atoms with Crippen molar-refractivity contribution in [2.24, 2.45) is 16.9 Å². The molecule has 4 aromatic rings. The minimum Gasteiger partial charge on any atom is -0.465 e. The topological polar surface area (TPSA) is 59.0 Å². The second-order valence-electron chi connectivity index (χ2n) is 10.4. The molecule has 1 aliphatic heterocycles. The number of anilines is 1. The van der Waals surface area contributed by atoms with Crippen LogP contribution in [0.15, 0.2) is 114 Å². The summed E-state index contributed by atoms with van der Waals surface area (Å²) in [6.45, 7) is 1.93. The Balaban J connectivity index is 1.64. The normalized spacial score (nSPS) is 23.6. The van der Waals surface area contributed by atoms with Gasteiger partial charge in [0, 0.05) is 16.0 Å². The Morgan fingerprint density at radius 1 is 0.878 bits per heavy atom. The highest BCUT2D eigenvalue weighted by Crippen LogP contribution is 2.57. The molecule has 0 spiro atoms. The summed E-state index contributed by atoms with van der Waals surface area (Å²) in [4.78, 5) is 28.5. The predicted molar refractivity (Wildman–Crippen MR) is 162 cm³/mol. The SMILES string of the molecule is CCOC(=O)C1C(=O)[C@H]2C(c3ccccc3)=NN(c3ccccc3)[C@]2(c2ccc(Cl)cc2)CC1c1ccc(Cl)cc1. The number of ketones is 1. The van der Waals surface area contributed by atoms with Gasteiger partial charge >= 0.3 is 5.97 Å². The molecule has 7 heteroatoms. The number of halogens is 2. The number of benzene rings is 4. The molecule has 2 unspecified atom stereocenters. The zero-order valence-corrected chi connectivity index (χ0v) is 23.9. The number of hydrogen-bond donors (Lipinski definition) is 0. The monoisotopic (exact) mass is 582 g/mol. The average Bonchev–Trinajstić information content (AvgIpc) is 3.35. The number of ether oxygens (including phenoxy) is 1. The van der Waals surface area contributed by atoms with Gasteiger partial charge in [-0.2, -0.15) is 5.10 Å². The summed E-state index contributed by atoms with van der Waals surface area (Å²) in [7, 11) is 0. The van der Waals surface area contributed by atoms with Crippen molar-refractivity contribution in [3.8, 4) is 0 Å². The van der Waals surface area contributed by atoms with Gasteiger partial charge in [-0.25, -0.2) is 0 Å². The molecule has 4 aromatic carbocycles. The Labute approximate surface area is 249 Å². The number of Topliss-reactive ketones (excluding diaryl/α,β-unsaturated/α-hetero) is 1. The van der Waals surface area contributed by atoms with Crippen LogP contribution < -0.4 is 5.01 Å². The van der Waals surface area contributed by atoms with E-state index in [4.69, 9.17) is 33.0 Å². The summed E-state index contributed by atoms with van der Waals surface area (Å²) in [6, 6.07) is 34.5. The quantitative estimate of drug-likeness (QED) is 0.173. The zero-order chi connectivity index (χ0) is 28.6. The lowest BCUT2D eigenvalue weighted by molar-refractivity contribution is -0.155. The van der Waals surface area contributed by atoms with E-state index in [0.29, 0.717) is 22.2 Å². The van der Waals surface area contributed by atoms with Gasteiger partial charge in [0.05, 0.1) is 23.9 Å². The summed E-state index contributed by atoms with van der Waals surface area (Å²) in [5.74, 6) is -2.98. The van der Waals surface area contributed by atoms with Crippen LogP contribution in [0.5, 0.6) is 0 Å². The molecule has 1 aliphatic carbocycles. The molecule has 0 radical (unpaired) electrons. The Morgan fingerprint density at radius 3 is 2.07 bits per heavy atom. The maximum absolute atomic E-state index is 14.9. The number of nitrogens with zero attached hydrogens (tertiary/aromatic N) is 2. The molecule has 6 rings (SSSR count). The molecule has 0 amide bonds. The van der Waals surface area contributed by atoms with Gasteiger partial charge < -0.3 is 4.74 Å². The van der Waals surface area contributed by atoms with Crippen LogP contribution in [0.3, 0.4) is 0 Å². The number of fused-ring (bicyclic) bond motifs is 1. The number of para-hydroxylation sites is 1. The molecule has 206 valence electrons. The molecule has 0 N–H and O–H groups in total. The lowest BCUT2D eigenvalue weighted by Crippen LogP contribution is -2.58. The molecule has 0 bridgehead atoms. The highest BCUT2D eigenvalue weighted by molar-refractivity contribution is 6.31. The molecule has 41 heavy (non-hydrogen) atoms. The van der Waals surface area contributed by atoms with Gasteiger partial charge in [-0.05, 0) is 66.4 Å². The van der Waals surface area contributed by atoms with E-state index in [-0.39, 0.29) is 12.4 Å². The van der Waals surface area contributed by atoms with E-state index in [1.807, 2.05) is 102 Å². The van der Waals surface area contributed by atoms with Crippen LogP contribution in [0.2, 0.25) is 10.0 Å².